The molecule has 0 bridgehead atoms. The van der Waals surface area contributed by atoms with Crippen LogP contribution in [0.2, 0.25) is 0 Å². The van der Waals surface area contributed by atoms with Gasteiger partial charge in [-0.2, -0.15) is 5.10 Å². The SMILES string of the molecule is O=C(c1cnn(-c2ccccc2)c1-n1cccc1)N1CCN(C(c2ccccc2)c2ccccc2)CC1. The Morgan fingerprint density at radius 3 is 1.78 bits per heavy atom. The average Bonchev–Trinajstić information content (AvgIpc) is 3.65. The van der Waals surface area contributed by atoms with Crippen LogP contribution in [0, 0.1) is 0 Å². The second-order valence-corrected chi connectivity index (χ2v) is 9.27. The first-order chi connectivity index (χ1) is 18.3. The van der Waals surface area contributed by atoms with Crippen LogP contribution < -0.4 is 0 Å². The van der Waals surface area contributed by atoms with Crippen molar-refractivity contribution >= 4 is 5.91 Å². The first-order valence-corrected chi connectivity index (χ1v) is 12.7. The fraction of sp³-hybridized carbons (Fsp3) is 0.161. The molecular formula is C31H29N5O. The summed E-state index contributed by atoms with van der Waals surface area (Å²) in [4.78, 5) is 18.3. The molecule has 184 valence electrons. The van der Waals surface area contributed by atoms with Crippen LogP contribution in [0.1, 0.15) is 27.5 Å². The molecule has 0 aliphatic carbocycles. The molecule has 6 heteroatoms. The molecule has 0 N–H and O–H groups in total. The second kappa shape index (κ2) is 10.3. The summed E-state index contributed by atoms with van der Waals surface area (Å²) in [6.45, 7) is 2.92. The lowest BCUT2D eigenvalue weighted by atomic mass is 9.96. The number of carbonyl (C=O) groups excluding carboxylic acids is 1. The normalized spacial score (nSPS) is 14.2. The molecule has 0 unspecified atom stereocenters. The Hall–Kier alpha value is -4.42. The molecular weight excluding hydrogens is 458 g/mol. The fourth-order valence-electron chi connectivity index (χ4n) is 5.21. The molecule has 2 aromatic heterocycles. The summed E-state index contributed by atoms with van der Waals surface area (Å²) in [6, 6.07) is 35.3. The van der Waals surface area contributed by atoms with Gasteiger partial charge in [0.1, 0.15) is 5.56 Å². The van der Waals surface area contributed by atoms with Crippen LogP contribution in [0.25, 0.3) is 11.5 Å². The van der Waals surface area contributed by atoms with Crippen LogP contribution in [0.15, 0.2) is 122 Å². The maximum atomic E-state index is 13.8. The van der Waals surface area contributed by atoms with Gasteiger partial charge in [0.15, 0.2) is 5.82 Å². The van der Waals surface area contributed by atoms with Gasteiger partial charge >= 0.3 is 0 Å². The molecule has 1 amide bonds. The van der Waals surface area contributed by atoms with E-state index in [4.69, 9.17) is 0 Å². The van der Waals surface area contributed by atoms with Crippen LogP contribution in [0.5, 0.6) is 0 Å². The quantitative estimate of drug-likeness (QED) is 0.330. The highest BCUT2D eigenvalue weighted by Gasteiger charge is 2.30. The van der Waals surface area contributed by atoms with Crippen LogP contribution in [0.3, 0.4) is 0 Å². The van der Waals surface area contributed by atoms with Crippen molar-refractivity contribution in [3.05, 3.63) is 138 Å². The number of piperazine rings is 1. The number of amides is 1. The summed E-state index contributed by atoms with van der Waals surface area (Å²) in [6.07, 6.45) is 5.61. The number of nitrogens with zero attached hydrogens (tertiary/aromatic N) is 5. The van der Waals surface area contributed by atoms with E-state index in [0.29, 0.717) is 18.7 Å². The first-order valence-electron chi connectivity index (χ1n) is 12.7. The van der Waals surface area contributed by atoms with Gasteiger partial charge in [0, 0.05) is 38.6 Å². The van der Waals surface area contributed by atoms with E-state index < -0.39 is 0 Å². The minimum absolute atomic E-state index is 0.0153. The Morgan fingerprint density at radius 1 is 0.676 bits per heavy atom. The fourth-order valence-corrected chi connectivity index (χ4v) is 5.21. The zero-order valence-electron chi connectivity index (χ0n) is 20.6. The molecule has 3 aromatic carbocycles. The molecule has 0 saturated carbocycles. The summed E-state index contributed by atoms with van der Waals surface area (Å²) >= 11 is 0. The third-order valence-electron chi connectivity index (χ3n) is 7.02. The van der Waals surface area contributed by atoms with E-state index in [2.05, 4.69) is 70.7 Å². The standard InChI is InChI=1S/C31H29N5O/c37-31(28-24-32-36(27-16-8-3-9-17-27)30(28)34-18-10-11-19-34)35-22-20-33(21-23-35)29(25-12-4-1-5-13-25)26-14-6-2-7-15-26/h1-19,24,29H,20-23H2. The van der Waals surface area contributed by atoms with E-state index >= 15 is 0 Å². The van der Waals surface area contributed by atoms with Crippen molar-refractivity contribution in [3.63, 3.8) is 0 Å². The van der Waals surface area contributed by atoms with E-state index in [0.717, 1.165) is 24.6 Å². The highest BCUT2D eigenvalue weighted by atomic mass is 16.2. The smallest absolute Gasteiger partial charge is 0.259 e. The van der Waals surface area contributed by atoms with Gasteiger partial charge in [0.05, 0.1) is 17.9 Å². The van der Waals surface area contributed by atoms with Crippen LogP contribution in [0.4, 0.5) is 0 Å². The second-order valence-electron chi connectivity index (χ2n) is 9.27. The van der Waals surface area contributed by atoms with Gasteiger partial charge in [-0.3, -0.25) is 9.69 Å². The monoisotopic (exact) mass is 487 g/mol. The van der Waals surface area contributed by atoms with E-state index in [9.17, 15) is 4.79 Å². The number of hydrogen-bond acceptors (Lipinski definition) is 3. The van der Waals surface area contributed by atoms with Gasteiger partial charge < -0.3 is 9.47 Å². The van der Waals surface area contributed by atoms with Crippen molar-refractivity contribution in [3.8, 4) is 11.5 Å². The third kappa shape index (κ3) is 4.59. The summed E-state index contributed by atoms with van der Waals surface area (Å²) < 4.78 is 3.80. The van der Waals surface area contributed by atoms with Gasteiger partial charge in [0.2, 0.25) is 0 Å². The first kappa shape index (κ1) is 23.0. The molecule has 6 nitrogen and oxygen atoms in total. The topological polar surface area (TPSA) is 46.3 Å². The minimum atomic E-state index is 0.0153. The lowest BCUT2D eigenvalue weighted by Crippen LogP contribution is -2.50. The number of aromatic nitrogens is 3. The van der Waals surface area contributed by atoms with Crippen LogP contribution >= 0.6 is 0 Å². The Balaban J connectivity index is 1.26. The Kier molecular flexibility index (Phi) is 6.40. The van der Waals surface area contributed by atoms with Crippen molar-refractivity contribution in [2.75, 3.05) is 26.2 Å². The predicted molar refractivity (Wildman–Crippen MR) is 145 cm³/mol. The summed E-state index contributed by atoms with van der Waals surface area (Å²) in [7, 11) is 0. The molecule has 0 spiro atoms. The van der Waals surface area contributed by atoms with Gasteiger partial charge in [-0.15, -0.1) is 0 Å². The van der Waals surface area contributed by atoms with E-state index in [1.54, 1.807) is 6.20 Å². The van der Waals surface area contributed by atoms with Crippen LogP contribution in [-0.2, 0) is 0 Å². The number of carbonyl (C=O) groups is 1. The zero-order valence-corrected chi connectivity index (χ0v) is 20.6. The van der Waals surface area contributed by atoms with Gasteiger partial charge in [-0.05, 0) is 35.4 Å². The maximum absolute atomic E-state index is 13.8. The number of benzene rings is 3. The molecule has 6 rings (SSSR count). The molecule has 0 atom stereocenters. The Bertz CT molecular complexity index is 1400. The summed E-state index contributed by atoms with van der Waals surface area (Å²) in [5, 5.41) is 4.62. The number of rotatable bonds is 6. The molecule has 1 fully saturated rings. The molecule has 5 aromatic rings. The molecule has 0 radical (unpaired) electrons. The van der Waals surface area contributed by atoms with Gasteiger partial charge in [0.25, 0.3) is 5.91 Å². The van der Waals surface area contributed by atoms with Crippen LogP contribution in [-0.4, -0.2) is 56.2 Å². The van der Waals surface area contributed by atoms with Crippen molar-refractivity contribution in [2.45, 2.75) is 6.04 Å². The lowest BCUT2D eigenvalue weighted by Gasteiger charge is -2.39. The predicted octanol–water partition coefficient (Wildman–Crippen LogP) is 5.21. The molecule has 37 heavy (non-hydrogen) atoms. The van der Waals surface area contributed by atoms with E-state index in [1.807, 2.05) is 69.0 Å². The summed E-state index contributed by atoms with van der Waals surface area (Å²) in [5.74, 6) is 0.775. The Morgan fingerprint density at radius 2 is 1.22 bits per heavy atom. The number of para-hydroxylation sites is 1. The van der Waals surface area contributed by atoms with Crippen molar-refractivity contribution in [2.24, 2.45) is 0 Å². The zero-order chi connectivity index (χ0) is 25.0. The van der Waals surface area contributed by atoms with Crippen molar-refractivity contribution in [1.82, 2.24) is 24.1 Å². The minimum Gasteiger partial charge on any atom is -0.336 e. The maximum Gasteiger partial charge on any atom is 0.259 e. The molecule has 1 aliphatic rings. The highest BCUT2D eigenvalue weighted by Crippen LogP contribution is 2.30. The third-order valence-corrected chi connectivity index (χ3v) is 7.02. The molecule has 1 saturated heterocycles. The lowest BCUT2D eigenvalue weighted by molar-refractivity contribution is 0.0597. The van der Waals surface area contributed by atoms with E-state index in [1.165, 1.54) is 11.1 Å². The van der Waals surface area contributed by atoms with Gasteiger partial charge in [-0.1, -0.05) is 78.9 Å². The molecule has 1 aliphatic heterocycles. The van der Waals surface area contributed by atoms with Crippen molar-refractivity contribution < 1.29 is 4.79 Å². The average molecular weight is 488 g/mol. The summed E-state index contributed by atoms with van der Waals surface area (Å²) in [5.41, 5.74) is 4.07. The Labute approximate surface area is 217 Å². The number of hydrogen-bond donors (Lipinski definition) is 0. The molecule has 3 heterocycles. The van der Waals surface area contributed by atoms with Crippen molar-refractivity contribution in [1.29, 1.82) is 0 Å². The highest BCUT2D eigenvalue weighted by molar-refractivity contribution is 5.97. The van der Waals surface area contributed by atoms with Gasteiger partial charge in [-0.25, -0.2) is 4.68 Å². The van der Waals surface area contributed by atoms with E-state index in [-0.39, 0.29) is 11.9 Å². The largest absolute Gasteiger partial charge is 0.336 e.